The molecule has 0 atom stereocenters. The van der Waals surface area contributed by atoms with E-state index in [4.69, 9.17) is 32.4 Å². The third kappa shape index (κ3) is 4.97. The lowest BCUT2D eigenvalue weighted by Gasteiger charge is -2.06. The molecule has 2 aromatic carbocycles. The fourth-order valence-corrected chi connectivity index (χ4v) is 2.48. The molecule has 0 aliphatic heterocycles. The van der Waals surface area contributed by atoms with Crippen LogP contribution in [-0.2, 0) is 11.2 Å². The van der Waals surface area contributed by atoms with Crippen molar-refractivity contribution in [2.24, 2.45) is 0 Å². The summed E-state index contributed by atoms with van der Waals surface area (Å²) in [7, 11) is 0. The zero-order chi connectivity index (χ0) is 18.4. The summed E-state index contributed by atoms with van der Waals surface area (Å²) in [5.41, 5.74) is 0.674. The second-order valence-corrected chi connectivity index (χ2v) is 6.17. The maximum atomic E-state index is 11.8. The molecule has 0 aliphatic carbocycles. The Kier molecular flexibility index (Phi) is 6.09. The number of ether oxygens (including phenoxy) is 1. The fraction of sp³-hybridized carbons (Fsp3) is 0.167. The van der Waals surface area contributed by atoms with Gasteiger partial charge in [-0.2, -0.15) is 0 Å². The molecule has 3 aromatic rings. The van der Waals surface area contributed by atoms with Crippen molar-refractivity contribution in [3.63, 3.8) is 0 Å². The molecule has 0 aliphatic rings. The van der Waals surface area contributed by atoms with Crippen molar-refractivity contribution >= 4 is 29.1 Å². The van der Waals surface area contributed by atoms with Gasteiger partial charge in [0.2, 0.25) is 11.8 Å². The smallest absolute Gasteiger partial charge is 0.257 e. The largest absolute Gasteiger partial charge is 0.484 e. The van der Waals surface area contributed by atoms with Gasteiger partial charge < -0.3 is 14.5 Å². The first-order chi connectivity index (χ1) is 12.6. The Balaban J connectivity index is 1.44. The second-order valence-electron chi connectivity index (χ2n) is 5.32. The number of hydrogen-bond donors (Lipinski definition) is 1. The zero-order valence-corrected chi connectivity index (χ0v) is 15.1. The number of hydrogen-bond acceptors (Lipinski definition) is 5. The number of nitrogens with zero attached hydrogens (tertiary/aromatic N) is 2. The first-order valence-electron chi connectivity index (χ1n) is 7.84. The number of rotatable bonds is 7. The van der Waals surface area contributed by atoms with E-state index in [1.165, 1.54) is 0 Å². The van der Waals surface area contributed by atoms with Gasteiger partial charge in [-0.05, 0) is 36.4 Å². The Morgan fingerprint density at radius 3 is 2.62 bits per heavy atom. The Labute approximate surface area is 160 Å². The van der Waals surface area contributed by atoms with E-state index < -0.39 is 0 Å². The van der Waals surface area contributed by atoms with Gasteiger partial charge in [0, 0.05) is 18.0 Å². The highest BCUT2D eigenvalue weighted by Gasteiger charge is 2.11. The van der Waals surface area contributed by atoms with E-state index in [9.17, 15) is 4.79 Å². The highest BCUT2D eigenvalue weighted by Crippen LogP contribution is 2.26. The minimum Gasteiger partial charge on any atom is -0.484 e. The van der Waals surface area contributed by atoms with Crippen LogP contribution in [-0.4, -0.2) is 29.3 Å². The van der Waals surface area contributed by atoms with Crippen LogP contribution in [0.1, 0.15) is 5.89 Å². The Morgan fingerprint density at radius 1 is 1.08 bits per heavy atom. The van der Waals surface area contributed by atoms with E-state index in [0.717, 1.165) is 0 Å². The monoisotopic (exact) mass is 391 g/mol. The predicted octanol–water partition coefficient (Wildman–Crippen LogP) is 3.78. The molecule has 134 valence electrons. The lowest BCUT2D eigenvalue weighted by atomic mass is 10.2. The molecule has 1 heterocycles. The van der Waals surface area contributed by atoms with Crippen molar-refractivity contribution in [2.45, 2.75) is 6.42 Å². The summed E-state index contributed by atoms with van der Waals surface area (Å²) in [6.45, 7) is 0.267. The normalized spacial score (nSPS) is 10.5. The summed E-state index contributed by atoms with van der Waals surface area (Å²) in [6, 6.07) is 14.0. The Bertz CT molecular complexity index is 881. The van der Waals surface area contributed by atoms with E-state index in [1.807, 2.05) is 12.1 Å². The van der Waals surface area contributed by atoms with E-state index in [1.54, 1.807) is 36.4 Å². The zero-order valence-electron chi connectivity index (χ0n) is 13.6. The van der Waals surface area contributed by atoms with Crippen LogP contribution in [0.5, 0.6) is 5.75 Å². The topological polar surface area (TPSA) is 77.2 Å². The van der Waals surface area contributed by atoms with Crippen LogP contribution in [0.2, 0.25) is 10.0 Å². The highest BCUT2D eigenvalue weighted by molar-refractivity contribution is 6.33. The average molecular weight is 392 g/mol. The van der Waals surface area contributed by atoms with Crippen LogP contribution in [0.15, 0.2) is 52.9 Å². The van der Waals surface area contributed by atoms with Crippen LogP contribution in [0.3, 0.4) is 0 Å². The molecule has 0 bridgehead atoms. The van der Waals surface area contributed by atoms with Gasteiger partial charge in [-0.1, -0.05) is 35.3 Å². The van der Waals surface area contributed by atoms with Crippen LogP contribution in [0, 0.1) is 0 Å². The van der Waals surface area contributed by atoms with Gasteiger partial charge in [0.15, 0.2) is 6.61 Å². The summed E-state index contributed by atoms with van der Waals surface area (Å²) in [5, 5.41) is 11.8. The molecule has 1 N–H and O–H groups in total. The molecule has 0 spiro atoms. The summed E-state index contributed by atoms with van der Waals surface area (Å²) >= 11 is 11.9. The highest BCUT2D eigenvalue weighted by atomic mass is 35.5. The van der Waals surface area contributed by atoms with Crippen molar-refractivity contribution in [1.29, 1.82) is 0 Å². The fourth-order valence-electron chi connectivity index (χ4n) is 2.14. The number of halogens is 2. The van der Waals surface area contributed by atoms with Crippen molar-refractivity contribution < 1.29 is 13.9 Å². The van der Waals surface area contributed by atoms with Crippen molar-refractivity contribution in [2.75, 3.05) is 13.2 Å². The van der Waals surface area contributed by atoms with E-state index in [-0.39, 0.29) is 12.5 Å². The van der Waals surface area contributed by atoms with Crippen LogP contribution in [0.25, 0.3) is 11.5 Å². The Morgan fingerprint density at radius 2 is 1.85 bits per heavy atom. The first-order valence-corrected chi connectivity index (χ1v) is 8.60. The number of amides is 1. The molecule has 26 heavy (non-hydrogen) atoms. The second kappa shape index (κ2) is 8.69. The molecule has 3 rings (SSSR count). The van der Waals surface area contributed by atoms with Gasteiger partial charge in [-0.15, -0.1) is 10.2 Å². The predicted molar refractivity (Wildman–Crippen MR) is 98.4 cm³/mol. The van der Waals surface area contributed by atoms with E-state index >= 15 is 0 Å². The summed E-state index contributed by atoms with van der Waals surface area (Å²) in [5.74, 6) is 1.10. The minimum atomic E-state index is -0.245. The van der Waals surface area contributed by atoms with E-state index in [0.29, 0.717) is 46.1 Å². The van der Waals surface area contributed by atoms with Gasteiger partial charge in [-0.3, -0.25) is 4.79 Å². The van der Waals surface area contributed by atoms with E-state index in [2.05, 4.69) is 15.5 Å². The standard InChI is InChI=1S/C18H15Cl2N3O3/c19-12-5-7-13(8-6-12)25-11-16(24)21-10-9-17-22-23-18(26-17)14-3-1-2-4-15(14)20/h1-8H,9-11H2,(H,21,24). The van der Waals surface area contributed by atoms with Crippen molar-refractivity contribution in [3.05, 3.63) is 64.5 Å². The number of carbonyl (C=O) groups excluding carboxylic acids is 1. The molecule has 0 radical (unpaired) electrons. The van der Waals surface area contributed by atoms with Crippen molar-refractivity contribution in [3.8, 4) is 17.2 Å². The van der Waals surface area contributed by atoms with Gasteiger partial charge in [0.25, 0.3) is 5.91 Å². The molecule has 6 nitrogen and oxygen atoms in total. The van der Waals surface area contributed by atoms with Gasteiger partial charge in [0.05, 0.1) is 10.6 Å². The molecule has 0 fully saturated rings. The average Bonchev–Trinajstić information content (AvgIpc) is 3.10. The lowest BCUT2D eigenvalue weighted by Crippen LogP contribution is -2.30. The third-order valence-corrected chi connectivity index (χ3v) is 4.00. The van der Waals surface area contributed by atoms with Crippen LogP contribution < -0.4 is 10.1 Å². The first kappa shape index (κ1) is 18.2. The summed E-state index contributed by atoms with van der Waals surface area (Å²) in [6.07, 6.45) is 0.407. The van der Waals surface area contributed by atoms with Gasteiger partial charge in [-0.25, -0.2) is 0 Å². The summed E-state index contributed by atoms with van der Waals surface area (Å²) < 4.78 is 10.9. The third-order valence-electron chi connectivity index (χ3n) is 3.42. The molecule has 0 saturated carbocycles. The van der Waals surface area contributed by atoms with Gasteiger partial charge >= 0.3 is 0 Å². The Hall–Kier alpha value is -2.57. The number of carbonyl (C=O) groups is 1. The maximum Gasteiger partial charge on any atom is 0.257 e. The molecule has 8 heteroatoms. The molecule has 0 unspecified atom stereocenters. The quantitative estimate of drug-likeness (QED) is 0.662. The minimum absolute atomic E-state index is 0.0870. The molecular formula is C18H15Cl2N3O3. The molecule has 1 aromatic heterocycles. The van der Waals surface area contributed by atoms with Gasteiger partial charge in [0.1, 0.15) is 5.75 Å². The number of benzene rings is 2. The molecular weight excluding hydrogens is 377 g/mol. The summed E-state index contributed by atoms with van der Waals surface area (Å²) in [4.78, 5) is 11.8. The molecule has 0 saturated heterocycles. The van der Waals surface area contributed by atoms with Crippen LogP contribution >= 0.6 is 23.2 Å². The maximum absolute atomic E-state index is 11.8. The van der Waals surface area contributed by atoms with Crippen LogP contribution in [0.4, 0.5) is 0 Å². The SMILES string of the molecule is O=C(COc1ccc(Cl)cc1)NCCc1nnc(-c2ccccc2Cl)o1. The number of nitrogens with one attached hydrogen (secondary N) is 1. The molecule has 1 amide bonds. The van der Waals surface area contributed by atoms with Crippen molar-refractivity contribution in [1.82, 2.24) is 15.5 Å². The number of aromatic nitrogens is 2. The lowest BCUT2D eigenvalue weighted by molar-refractivity contribution is -0.123.